The molecule has 0 atom stereocenters. The smallest absolute Gasteiger partial charge is 0.209 e. The summed E-state index contributed by atoms with van der Waals surface area (Å²) in [5.74, 6) is 1.75. The van der Waals surface area contributed by atoms with Gasteiger partial charge in [-0.15, -0.1) is 0 Å². The molecule has 23 heavy (non-hydrogen) atoms. The molecule has 1 aromatic heterocycles. The van der Waals surface area contributed by atoms with Gasteiger partial charge in [-0.25, -0.2) is 9.97 Å². The number of rotatable bonds is 6. The number of aromatic nitrogens is 2. The molecule has 1 aliphatic heterocycles. The van der Waals surface area contributed by atoms with Gasteiger partial charge in [0.05, 0.1) is 0 Å². The van der Waals surface area contributed by atoms with Crippen molar-refractivity contribution in [3.63, 3.8) is 0 Å². The van der Waals surface area contributed by atoms with Crippen molar-refractivity contribution in [2.24, 2.45) is 0 Å². The second-order valence-electron chi connectivity index (χ2n) is 5.55. The minimum absolute atomic E-state index is 0.740. The highest BCUT2D eigenvalue weighted by Gasteiger charge is 2.16. The van der Waals surface area contributed by atoms with E-state index in [1.165, 1.54) is 5.56 Å². The third kappa shape index (κ3) is 4.18. The van der Waals surface area contributed by atoms with E-state index in [4.69, 9.17) is 0 Å². The van der Waals surface area contributed by atoms with Gasteiger partial charge in [0.25, 0.3) is 0 Å². The fourth-order valence-electron chi connectivity index (χ4n) is 2.65. The third-order valence-electron chi connectivity index (χ3n) is 4.00. The summed E-state index contributed by atoms with van der Waals surface area (Å²) in [5.41, 5.74) is 1.30. The number of nitrogens with zero attached hydrogens (tertiary/aromatic N) is 4. The van der Waals surface area contributed by atoms with Crippen LogP contribution in [-0.4, -0.2) is 54.0 Å². The van der Waals surface area contributed by atoms with E-state index in [1.807, 2.05) is 12.1 Å². The van der Waals surface area contributed by atoms with Gasteiger partial charge < -0.3 is 15.1 Å². The van der Waals surface area contributed by atoms with E-state index < -0.39 is 0 Å². The van der Waals surface area contributed by atoms with Gasteiger partial charge in [-0.1, -0.05) is 30.3 Å². The van der Waals surface area contributed by atoms with E-state index in [1.54, 1.807) is 11.2 Å². The molecule has 0 bridgehead atoms. The molecule has 1 N–H and O–H groups in total. The van der Waals surface area contributed by atoms with Crippen LogP contribution in [-0.2, 0) is 11.2 Å². The largest absolute Gasteiger partial charge is 0.370 e. The maximum atomic E-state index is 10.8. The summed E-state index contributed by atoms with van der Waals surface area (Å²) in [6.45, 7) is 3.92. The van der Waals surface area contributed by atoms with E-state index in [0.29, 0.717) is 0 Å². The van der Waals surface area contributed by atoms with Crippen LogP contribution in [0.4, 0.5) is 11.6 Å². The molecule has 1 amide bonds. The van der Waals surface area contributed by atoms with Crippen LogP contribution in [0.15, 0.2) is 42.7 Å². The second-order valence-corrected chi connectivity index (χ2v) is 5.55. The van der Waals surface area contributed by atoms with Crippen molar-refractivity contribution in [2.75, 3.05) is 42.9 Å². The second kappa shape index (κ2) is 7.58. The standard InChI is InChI=1S/C17H21N5O/c23-14-21-8-10-22(11-9-21)17-12-16(19-13-20-17)18-7-6-15-4-2-1-3-5-15/h1-5,12-14H,6-11H2,(H,18,19,20). The topological polar surface area (TPSA) is 61.4 Å². The zero-order valence-corrected chi connectivity index (χ0v) is 13.1. The Labute approximate surface area is 136 Å². The van der Waals surface area contributed by atoms with Crippen molar-refractivity contribution in [3.05, 3.63) is 48.3 Å². The van der Waals surface area contributed by atoms with Crippen LogP contribution < -0.4 is 10.2 Å². The molecule has 1 saturated heterocycles. The number of nitrogens with one attached hydrogen (secondary N) is 1. The molecule has 0 aliphatic carbocycles. The number of piperazine rings is 1. The van der Waals surface area contributed by atoms with Crippen molar-refractivity contribution in [1.82, 2.24) is 14.9 Å². The zero-order valence-electron chi connectivity index (χ0n) is 13.1. The number of hydrogen-bond donors (Lipinski definition) is 1. The summed E-state index contributed by atoms with van der Waals surface area (Å²) in [5, 5.41) is 3.35. The van der Waals surface area contributed by atoms with Crippen LogP contribution >= 0.6 is 0 Å². The number of carbonyl (C=O) groups is 1. The van der Waals surface area contributed by atoms with Gasteiger partial charge in [-0.2, -0.15) is 0 Å². The summed E-state index contributed by atoms with van der Waals surface area (Å²) in [6, 6.07) is 12.4. The first-order chi connectivity index (χ1) is 11.3. The first kappa shape index (κ1) is 15.3. The summed E-state index contributed by atoms with van der Waals surface area (Å²) >= 11 is 0. The summed E-state index contributed by atoms with van der Waals surface area (Å²) in [4.78, 5) is 23.4. The Kier molecular flexibility index (Phi) is 5.03. The molecule has 0 spiro atoms. The lowest BCUT2D eigenvalue weighted by atomic mass is 10.1. The fraction of sp³-hybridized carbons (Fsp3) is 0.353. The average molecular weight is 311 g/mol. The van der Waals surface area contributed by atoms with E-state index in [9.17, 15) is 4.79 Å². The zero-order chi connectivity index (χ0) is 15.9. The van der Waals surface area contributed by atoms with Gasteiger partial charge >= 0.3 is 0 Å². The predicted octanol–water partition coefficient (Wildman–Crippen LogP) is 1.41. The number of hydrogen-bond acceptors (Lipinski definition) is 5. The number of anilines is 2. The molecule has 1 aliphatic rings. The Bertz CT molecular complexity index is 626. The maximum absolute atomic E-state index is 10.8. The van der Waals surface area contributed by atoms with Gasteiger partial charge in [0.1, 0.15) is 18.0 Å². The van der Waals surface area contributed by atoms with Gasteiger partial charge in [0.15, 0.2) is 0 Å². The quantitative estimate of drug-likeness (QED) is 0.817. The molecule has 6 heteroatoms. The van der Waals surface area contributed by atoms with Crippen molar-refractivity contribution >= 4 is 18.0 Å². The van der Waals surface area contributed by atoms with E-state index in [-0.39, 0.29) is 0 Å². The Hall–Kier alpha value is -2.63. The molecule has 0 radical (unpaired) electrons. The van der Waals surface area contributed by atoms with Gasteiger partial charge in [-0.05, 0) is 12.0 Å². The van der Waals surface area contributed by atoms with Crippen molar-refractivity contribution in [3.8, 4) is 0 Å². The lowest BCUT2D eigenvalue weighted by Gasteiger charge is -2.33. The average Bonchev–Trinajstić information content (AvgIpc) is 2.63. The van der Waals surface area contributed by atoms with Crippen molar-refractivity contribution < 1.29 is 4.79 Å². The van der Waals surface area contributed by atoms with Crippen LogP contribution in [0.2, 0.25) is 0 Å². The van der Waals surface area contributed by atoms with Crippen LogP contribution in [0.3, 0.4) is 0 Å². The molecule has 2 heterocycles. The van der Waals surface area contributed by atoms with E-state index in [2.05, 4.69) is 44.5 Å². The van der Waals surface area contributed by atoms with Crippen molar-refractivity contribution in [1.29, 1.82) is 0 Å². The molecular weight excluding hydrogens is 290 g/mol. The molecule has 1 fully saturated rings. The highest BCUT2D eigenvalue weighted by molar-refractivity contribution is 5.51. The highest BCUT2D eigenvalue weighted by atomic mass is 16.1. The van der Waals surface area contributed by atoms with Crippen LogP contribution in [0.1, 0.15) is 5.56 Å². The molecule has 3 rings (SSSR count). The van der Waals surface area contributed by atoms with Gasteiger partial charge in [-0.3, -0.25) is 4.79 Å². The molecule has 0 unspecified atom stereocenters. The number of carbonyl (C=O) groups excluding carboxylic acids is 1. The van der Waals surface area contributed by atoms with E-state index >= 15 is 0 Å². The van der Waals surface area contributed by atoms with Crippen LogP contribution in [0.25, 0.3) is 0 Å². The normalized spacial score (nSPS) is 14.6. The van der Waals surface area contributed by atoms with Gasteiger partial charge in [0.2, 0.25) is 6.41 Å². The van der Waals surface area contributed by atoms with Gasteiger partial charge in [0, 0.05) is 38.8 Å². The molecule has 6 nitrogen and oxygen atoms in total. The molecule has 0 saturated carbocycles. The lowest BCUT2D eigenvalue weighted by molar-refractivity contribution is -0.118. The number of benzene rings is 1. The first-order valence-corrected chi connectivity index (χ1v) is 7.89. The highest BCUT2D eigenvalue weighted by Crippen LogP contribution is 2.16. The fourth-order valence-corrected chi connectivity index (χ4v) is 2.65. The molecule has 1 aromatic carbocycles. The molecular formula is C17H21N5O. The van der Waals surface area contributed by atoms with Crippen molar-refractivity contribution in [2.45, 2.75) is 6.42 Å². The predicted molar refractivity (Wildman–Crippen MR) is 90.5 cm³/mol. The molecule has 2 aromatic rings. The summed E-state index contributed by atoms with van der Waals surface area (Å²) < 4.78 is 0. The Morgan fingerprint density at radius 1 is 1.09 bits per heavy atom. The Morgan fingerprint density at radius 2 is 1.87 bits per heavy atom. The Balaban J connectivity index is 1.54. The van der Waals surface area contributed by atoms with E-state index in [0.717, 1.165) is 57.2 Å². The van der Waals surface area contributed by atoms with Crippen LogP contribution in [0, 0.1) is 0 Å². The summed E-state index contributed by atoms with van der Waals surface area (Å²) in [7, 11) is 0. The third-order valence-corrected chi connectivity index (χ3v) is 4.00. The monoisotopic (exact) mass is 311 g/mol. The summed E-state index contributed by atoms with van der Waals surface area (Å²) in [6.07, 6.45) is 3.46. The molecule has 120 valence electrons. The maximum Gasteiger partial charge on any atom is 0.209 e. The number of amides is 1. The SMILES string of the molecule is O=CN1CCN(c2cc(NCCc3ccccc3)ncn2)CC1. The Morgan fingerprint density at radius 3 is 2.61 bits per heavy atom. The van der Waals surface area contributed by atoms with Crippen LogP contribution in [0.5, 0.6) is 0 Å². The minimum atomic E-state index is 0.740. The lowest BCUT2D eigenvalue weighted by Crippen LogP contribution is -2.46. The minimum Gasteiger partial charge on any atom is -0.370 e. The first-order valence-electron chi connectivity index (χ1n) is 7.89.